The lowest BCUT2D eigenvalue weighted by molar-refractivity contribution is -0.396. The van der Waals surface area contributed by atoms with Crippen molar-refractivity contribution in [1.29, 1.82) is 0 Å². The molecule has 0 aliphatic heterocycles. The maximum absolute atomic E-state index is 12.8. The molecule has 0 aliphatic rings. The summed E-state index contributed by atoms with van der Waals surface area (Å²) in [5.41, 5.74) is 0. The van der Waals surface area contributed by atoms with Crippen LogP contribution >= 0.6 is 22.6 Å². The van der Waals surface area contributed by atoms with Gasteiger partial charge in [-0.15, -0.1) is 0 Å². The molecule has 0 aromatic heterocycles. The molecular weight excluding hydrogens is 398 g/mol. The highest BCUT2D eigenvalue weighted by Crippen LogP contribution is 2.54. The first kappa shape index (κ1) is 18.1. The van der Waals surface area contributed by atoms with Crippen LogP contribution in [0.4, 0.5) is 39.5 Å². The van der Waals surface area contributed by atoms with Gasteiger partial charge >= 0.3 is 23.9 Å². The zero-order valence-corrected chi connectivity index (χ0v) is 10.4. The third-order valence-electron chi connectivity index (χ3n) is 1.89. The highest BCUT2D eigenvalue weighted by Gasteiger charge is 2.81. The van der Waals surface area contributed by atoms with E-state index in [2.05, 4.69) is 0 Å². The lowest BCUT2D eigenvalue weighted by Gasteiger charge is -2.34. The van der Waals surface area contributed by atoms with E-state index >= 15 is 0 Å². The van der Waals surface area contributed by atoms with Crippen LogP contribution < -0.4 is 0 Å². The first-order chi connectivity index (χ1) is 7.70. The minimum atomic E-state index is -6.87. The Kier molecular flexibility index (Phi) is 5.23. The van der Waals surface area contributed by atoms with Crippen LogP contribution in [0.1, 0.15) is 6.42 Å². The van der Waals surface area contributed by atoms with Crippen LogP contribution in [0.15, 0.2) is 0 Å². The molecule has 0 aromatic carbocycles. The third kappa shape index (κ3) is 3.14. The number of hydrogen-bond donors (Lipinski definition) is 1. The number of aliphatic hydroxyl groups excluding tert-OH is 1. The topological polar surface area (TPSA) is 20.2 Å². The van der Waals surface area contributed by atoms with Crippen LogP contribution in [0, 0.1) is 0 Å². The first-order valence-electron chi connectivity index (χ1n) is 4.16. The molecule has 1 N–H and O–H groups in total. The van der Waals surface area contributed by atoms with Crippen molar-refractivity contribution in [3.63, 3.8) is 0 Å². The second-order valence-corrected chi connectivity index (χ2v) is 5.10. The van der Waals surface area contributed by atoms with Gasteiger partial charge in [-0.2, -0.15) is 39.5 Å². The molecule has 1 atom stereocenters. The molecule has 11 heteroatoms. The molecule has 0 saturated heterocycles. The van der Waals surface area contributed by atoms with E-state index in [0.29, 0.717) is 0 Å². The van der Waals surface area contributed by atoms with E-state index in [-0.39, 0.29) is 0 Å². The highest BCUT2D eigenvalue weighted by molar-refractivity contribution is 14.1. The number of rotatable bonds is 5. The molecule has 18 heavy (non-hydrogen) atoms. The fraction of sp³-hybridized carbons (Fsp3) is 1.00. The lowest BCUT2D eigenvalue weighted by Crippen LogP contribution is -2.61. The lowest BCUT2D eigenvalue weighted by atomic mass is 10.00. The summed E-state index contributed by atoms with van der Waals surface area (Å²) in [5.74, 6) is -19.1. The van der Waals surface area contributed by atoms with Gasteiger partial charge in [0.15, 0.2) is 0 Å². The Labute approximate surface area is 108 Å². The highest BCUT2D eigenvalue weighted by atomic mass is 127. The van der Waals surface area contributed by atoms with Crippen LogP contribution in [-0.4, -0.2) is 39.6 Å². The largest absolute Gasteiger partial charge is 0.460 e. The van der Waals surface area contributed by atoms with Gasteiger partial charge in [0.05, 0.1) is 6.61 Å². The van der Waals surface area contributed by atoms with E-state index in [1.807, 2.05) is 0 Å². The summed E-state index contributed by atoms with van der Waals surface area (Å²) in [6.07, 6.45) is -8.82. The second kappa shape index (κ2) is 5.21. The molecule has 0 fully saturated rings. The average Bonchev–Trinajstić information content (AvgIpc) is 2.14. The van der Waals surface area contributed by atoms with Crippen LogP contribution in [0.2, 0.25) is 0 Å². The SMILES string of the molecule is OC[C@H](I)CC(F)(F)C(F)(F)C(F)(F)C(F)(F)F. The number of alkyl halides is 10. The van der Waals surface area contributed by atoms with Crippen molar-refractivity contribution in [1.82, 2.24) is 0 Å². The standard InChI is InChI=1S/C7H6F9IO/c8-4(9,1-3(17)2-18)5(10,11)6(12,13)7(14,15)16/h3,18H,1-2H2/t3-/m1/s1. The molecule has 110 valence electrons. The number of hydrogen-bond acceptors (Lipinski definition) is 1. The maximum Gasteiger partial charge on any atom is 0.460 e. The molecule has 0 unspecified atom stereocenters. The maximum atomic E-state index is 12.8. The van der Waals surface area contributed by atoms with Crippen molar-refractivity contribution in [3.8, 4) is 0 Å². The Balaban J connectivity index is 5.36. The zero-order valence-electron chi connectivity index (χ0n) is 8.22. The summed E-state index contributed by atoms with van der Waals surface area (Å²) < 4.78 is 109. The molecular formula is C7H6F9IO. The molecule has 0 radical (unpaired) electrons. The minimum absolute atomic E-state index is 1.03. The third-order valence-corrected chi connectivity index (χ3v) is 2.72. The Morgan fingerprint density at radius 2 is 1.22 bits per heavy atom. The van der Waals surface area contributed by atoms with Gasteiger partial charge in [0.1, 0.15) is 0 Å². The molecule has 0 heterocycles. The normalized spacial score (nSPS) is 16.8. The van der Waals surface area contributed by atoms with Crippen LogP contribution in [0.3, 0.4) is 0 Å². The van der Waals surface area contributed by atoms with Gasteiger partial charge in [0.2, 0.25) is 0 Å². The summed E-state index contributed by atoms with van der Waals surface area (Å²) in [7, 11) is 0. The van der Waals surface area contributed by atoms with E-state index in [1.54, 1.807) is 0 Å². The van der Waals surface area contributed by atoms with E-state index in [1.165, 1.54) is 0 Å². The molecule has 1 nitrogen and oxygen atoms in total. The van der Waals surface area contributed by atoms with Gasteiger partial charge in [0, 0.05) is 10.3 Å². The monoisotopic (exact) mass is 404 g/mol. The van der Waals surface area contributed by atoms with Crippen molar-refractivity contribution < 1.29 is 44.6 Å². The van der Waals surface area contributed by atoms with E-state index in [0.717, 1.165) is 22.6 Å². The average molecular weight is 404 g/mol. The molecule has 0 aromatic rings. The number of aliphatic hydroxyl groups is 1. The molecule has 0 rings (SSSR count). The van der Waals surface area contributed by atoms with Crippen molar-refractivity contribution in [2.24, 2.45) is 0 Å². The minimum Gasteiger partial charge on any atom is -0.395 e. The molecule has 0 amide bonds. The van der Waals surface area contributed by atoms with Gasteiger partial charge in [0.25, 0.3) is 0 Å². The molecule has 0 saturated carbocycles. The van der Waals surface area contributed by atoms with Gasteiger partial charge in [-0.1, -0.05) is 22.6 Å². The molecule has 0 spiro atoms. The Hall–Kier alpha value is 0.0600. The van der Waals surface area contributed by atoms with Crippen LogP contribution in [0.5, 0.6) is 0 Å². The predicted molar refractivity (Wildman–Crippen MR) is 50.4 cm³/mol. The summed E-state index contributed by atoms with van der Waals surface area (Å²) in [6, 6.07) is 0. The fourth-order valence-corrected chi connectivity index (χ4v) is 1.43. The smallest absolute Gasteiger partial charge is 0.395 e. The van der Waals surface area contributed by atoms with Gasteiger partial charge in [-0.3, -0.25) is 0 Å². The van der Waals surface area contributed by atoms with Gasteiger partial charge in [-0.05, 0) is 0 Å². The Bertz CT molecular complexity index is 287. The van der Waals surface area contributed by atoms with E-state index in [9.17, 15) is 39.5 Å². The van der Waals surface area contributed by atoms with Crippen LogP contribution in [0.25, 0.3) is 0 Å². The Morgan fingerprint density at radius 1 is 0.833 bits per heavy atom. The van der Waals surface area contributed by atoms with E-state index < -0.39 is 40.9 Å². The Morgan fingerprint density at radius 3 is 1.50 bits per heavy atom. The summed E-state index contributed by atoms with van der Waals surface area (Å²) >= 11 is 1.03. The predicted octanol–water partition coefficient (Wildman–Crippen LogP) is 3.64. The quantitative estimate of drug-likeness (QED) is 0.422. The summed E-state index contributed by atoms with van der Waals surface area (Å²) in [6.45, 7) is -1.07. The summed E-state index contributed by atoms with van der Waals surface area (Å²) in [5, 5.41) is 8.33. The molecule has 0 bridgehead atoms. The fourth-order valence-electron chi connectivity index (χ4n) is 0.879. The van der Waals surface area contributed by atoms with Crippen molar-refractivity contribution >= 4 is 22.6 Å². The van der Waals surface area contributed by atoms with Gasteiger partial charge in [-0.25, -0.2) is 0 Å². The van der Waals surface area contributed by atoms with Crippen molar-refractivity contribution in [2.45, 2.75) is 34.3 Å². The van der Waals surface area contributed by atoms with Gasteiger partial charge < -0.3 is 5.11 Å². The zero-order chi connectivity index (χ0) is 15.0. The second-order valence-electron chi connectivity index (χ2n) is 3.33. The number of halogens is 10. The van der Waals surface area contributed by atoms with E-state index in [4.69, 9.17) is 5.11 Å². The van der Waals surface area contributed by atoms with Crippen LogP contribution in [-0.2, 0) is 0 Å². The van der Waals surface area contributed by atoms with Crippen molar-refractivity contribution in [2.75, 3.05) is 6.61 Å². The first-order valence-corrected chi connectivity index (χ1v) is 5.40. The molecule has 0 aliphatic carbocycles. The summed E-state index contributed by atoms with van der Waals surface area (Å²) in [4.78, 5) is 0. The van der Waals surface area contributed by atoms with Crippen molar-refractivity contribution in [3.05, 3.63) is 0 Å².